The lowest BCUT2D eigenvalue weighted by atomic mass is 10.0. The highest BCUT2D eigenvalue weighted by atomic mass is 32.2. The van der Waals surface area contributed by atoms with Gasteiger partial charge in [-0.1, -0.05) is 24.3 Å². The Kier molecular flexibility index (Phi) is 7.76. The van der Waals surface area contributed by atoms with Gasteiger partial charge in [0.25, 0.3) is 5.91 Å². The summed E-state index contributed by atoms with van der Waals surface area (Å²) in [5, 5.41) is 7.04. The summed E-state index contributed by atoms with van der Waals surface area (Å²) < 4.78 is 35.1. The maximum absolute atomic E-state index is 13.0. The van der Waals surface area contributed by atoms with Gasteiger partial charge >= 0.3 is 5.97 Å². The van der Waals surface area contributed by atoms with E-state index < -0.39 is 34.5 Å². The summed E-state index contributed by atoms with van der Waals surface area (Å²) in [7, 11) is -3.99. The number of hydrogen-bond donors (Lipinski definition) is 2. The second kappa shape index (κ2) is 10.4. The SMILES string of the molecule is Cc1cc(NC(=O)COC(=O)C(C)NS(=O)(=O)c2c(C)c(C)cc(C)c2C)n(-c2ccccc2)n1. The Morgan fingerprint density at radius 2 is 1.60 bits per heavy atom. The van der Waals surface area contributed by atoms with E-state index in [-0.39, 0.29) is 4.90 Å². The number of esters is 1. The first-order valence-electron chi connectivity index (χ1n) is 11.1. The molecule has 3 aromatic rings. The van der Waals surface area contributed by atoms with Crippen LogP contribution in [0.4, 0.5) is 5.82 Å². The van der Waals surface area contributed by atoms with Gasteiger partial charge in [-0.15, -0.1) is 0 Å². The molecule has 3 rings (SSSR count). The Labute approximate surface area is 205 Å². The Bertz CT molecular complexity index is 1340. The number of aryl methyl sites for hydroxylation is 3. The molecular formula is C25H30N4O5S. The van der Waals surface area contributed by atoms with Crippen molar-refractivity contribution >= 4 is 27.7 Å². The van der Waals surface area contributed by atoms with Gasteiger partial charge in [-0.3, -0.25) is 9.59 Å². The van der Waals surface area contributed by atoms with Crippen LogP contribution in [0.1, 0.15) is 34.9 Å². The van der Waals surface area contributed by atoms with Crippen molar-refractivity contribution in [1.29, 1.82) is 0 Å². The zero-order valence-electron chi connectivity index (χ0n) is 20.7. The summed E-state index contributed by atoms with van der Waals surface area (Å²) in [6.45, 7) is 9.72. The minimum atomic E-state index is -3.99. The van der Waals surface area contributed by atoms with E-state index in [9.17, 15) is 18.0 Å². The van der Waals surface area contributed by atoms with Crippen LogP contribution in [0.2, 0.25) is 0 Å². The molecule has 0 spiro atoms. The maximum atomic E-state index is 13.0. The van der Waals surface area contributed by atoms with E-state index in [2.05, 4.69) is 15.1 Å². The van der Waals surface area contributed by atoms with Gasteiger partial charge in [0.05, 0.1) is 16.3 Å². The van der Waals surface area contributed by atoms with Crippen LogP contribution in [0.3, 0.4) is 0 Å². The van der Waals surface area contributed by atoms with Crippen LogP contribution >= 0.6 is 0 Å². The van der Waals surface area contributed by atoms with Gasteiger partial charge in [-0.05, 0) is 75.9 Å². The Hall–Kier alpha value is -3.50. The molecule has 10 heteroatoms. The molecule has 0 aliphatic heterocycles. The lowest BCUT2D eigenvalue weighted by Crippen LogP contribution is -2.41. The molecule has 1 amide bonds. The van der Waals surface area contributed by atoms with Gasteiger partial charge in [0.2, 0.25) is 10.0 Å². The third-order valence-corrected chi connectivity index (χ3v) is 7.51. The summed E-state index contributed by atoms with van der Waals surface area (Å²) in [4.78, 5) is 25.0. The van der Waals surface area contributed by atoms with E-state index in [4.69, 9.17) is 4.74 Å². The highest BCUT2D eigenvalue weighted by molar-refractivity contribution is 7.89. The second-order valence-electron chi connectivity index (χ2n) is 8.51. The average molecular weight is 499 g/mol. The molecule has 0 aliphatic rings. The highest BCUT2D eigenvalue weighted by Crippen LogP contribution is 2.26. The summed E-state index contributed by atoms with van der Waals surface area (Å²) >= 11 is 0. The molecule has 0 saturated carbocycles. The molecular weight excluding hydrogens is 468 g/mol. The fourth-order valence-corrected chi connectivity index (χ4v) is 5.53. The summed E-state index contributed by atoms with van der Waals surface area (Å²) in [6, 6.07) is 11.7. The van der Waals surface area contributed by atoms with Crippen molar-refractivity contribution in [3.63, 3.8) is 0 Å². The number of aromatic nitrogens is 2. The first-order valence-corrected chi connectivity index (χ1v) is 12.6. The van der Waals surface area contributed by atoms with Gasteiger partial charge in [0.15, 0.2) is 6.61 Å². The number of benzene rings is 2. The monoisotopic (exact) mass is 498 g/mol. The lowest BCUT2D eigenvalue weighted by Gasteiger charge is -2.18. The van der Waals surface area contributed by atoms with Gasteiger partial charge in [-0.25, -0.2) is 13.1 Å². The van der Waals surface area contributed by atoms with Crippen molar-refractivity contribution in [2.45, 2.75) is 52.5 Å². The number of nitrogens with one attached hydrogen (secondary N) is 2. The average Bonchev–Trinajstić information content (AvgIpc) is 3.16. The smallest absolute Gasteiger partial charge is 0.324 e. The first-order chi connectivity index (χ1) is 16.4. The number of amides is 1. The molecule has 186 valence electrons. The van der Waals surface area contributed by atoms with Crippen LogP contribution in [0.25, 0.3) is 5.69 Å². The molecule has 2 N–H and O–H groups in total. The normalized spacial score (nSPS) is 12.3. The quantitative estimate of drug-likeness (QED) is 0.460. The number of rotatable bonds is 8. The number of para-hydroxylation sites is 1. The van der Waals surface area contributed by atoms with E-state index in [1.165, 1.54) is 6.92 Å². The molecule has 0 radical (unpaired) electrons. The maximum Gasteiger partial charge on any atom is 0.324 e. The Morgan fingerprint density at radius 1 is 1.00 bits per heavy atom. The van der Waals surface area contributed by atoms with Crippen molar-refractivity contribution < 1.29 is 22.7 Å². The van der Waals surface area contributed by atoms with Crippen LogP contribution in [0, 0.1) is 34.6 Å². The standard InChI is InChI=1S/C25H30N4O5S/c1-15-12-16(2)19(5)24(18(15)4)35(32,33)28-20(6)25(31)34-14-23(30)26-22-13-17(3)27-29(22)21-10-8-7-9-11-21/h7-13,20,28H,14H2,1-6H3,(H,26,30). The van der Waals surface area contributed by atoms with Crippen molar-refractivity contribution in [3.05, 3.63) is 70.4 Å². The lowest BCUT2D eigenvalue weighted by molar-refractivity contribution is -0.148. The molecule has 9 nitrogen and oxygen atoms in total. The third kappa shape index (κ3) is 5.95. The van der Waals surface area contributed by atoms with E-state index in [0.29, 0.717) is 22.6 Å². The minimum Gasteiger partial charge on any atom is -0.454 e. The van der Waals surface area contributed by atoms with Crippen LogP contribution < -0.4 is 10.0 Å². The first kappa shape index (κ1) is 26.1. The van der Waals surface area contributed by atoms with Crippen molar-refractivity contribution in [1.82, 2.24) is 14.5 Å². The van der Waals surface area contributed by atoms with E-state index in [0.717, 1.165) is 16.8 Å². The molecule has 2 aromatic carbocycles. The second-order valence-corrected chi connectivity index (χ2v) is 10.2. The molecule has 0 fully saturated rings. The minimum absolute atomic E-state index is 0.150. The van der Waals surface area contributed by atoms with E-state index in [1.54, 1.807) is 31.5 Å². The topological polar surface area (TPSA) is 119 Å². The Balaban J connectivity index is 1.64. The van der Waals surface area contributed by atoms with E-state index in [1.807, 2.05) is 50.2 Å². The van der Waals surface area contributed by atoms with Crippen LogP contribution in [0.15, 0.2) is 47.4 Å². The fourth-order valence-electron chi connectivity index (χ4n) is 3.72. The van der Waals surface area contributed by atoms with Crippen LogP contribution in [-0.4, -0.2) is 42.7 Å². The largest absolute Gasteiger partial charge is 0.454 e. The fraction of sp³-hybridized carbons (Fsp3) is 0.320. The van der Waals surface area contributed by atoms with Gasteiger partial charge < -0.3 is 10.1 Å². The van der Waals surface area contributed by atoms with Crippen LogP contribution in [0.5, 0.6) is 0 Å². The molecule has 1 unspecified atom stereocenters. The number of carbonyl (C=O) groups excluding carboxylic acids is 2. The van der Waals surface area contributed by atoms with Gasteiger partial charge in [-0.2, -0.15) is 9.82 Å². The summed E-state index contributed by atoms with van der Waals surface area (Å²) in [5.41, 5.74) is 4.36. The van der Waals surface area contributed by atoms with Gasteiger partial charge in [0.1, 0.15) is 11.9 Å². The zero-order valence-corrected chi connectivity index (χ0v) is 21.5. The van der Waals surface area contributed by atoms with E-state index >= 15 is 0 Å². The number of carbonyl (C=O) groups is 2. The third-order valence-electron chi connectivity index (χ3n) is 5.70. The van der Waals surface area contributed by atoms with Crippen molar-refractivity contribution in [2.75, 3.05) is 11.9 Å². The molecule has 1 aromatic heterocycles. The summed E-state index contributed by atoms with van der Waals surface area (Å²) in [5.74, 6) is -1.02. The predicted octanol–water partition coefficient (Wildman–Crippen LogP) is 3.26. The predicted molar refractivity (Wildman–Crippen MR) is 133 cm³/mol. The molecule has 0 bridgehead atoms. The summed E-state index contributed by atoms with van der Waals surface area (Å²) in [6.07, 6.45) is 0. The molecule has 1 atom stereocenters. The van der Waals surface area contributed by atoms with Crippen LogP contribution in [-0.2, 0) is 24.3 Å². The highest BCUT2D eigenvalue weighted by Gasteiger charge is 2.27. The van der Waals surface area contributed by atoms with Crippen molar-refractivity contribution in [3.8, 4) is 5.69 Å². The zero-order chi connectivity index (χ0) is 25.9. The van der Waals surface area contributed by atoms with Crippen molar-refractivity contribution in [2.24, 2.45) is 0 Å². The molecule has 0 aliphatic carbocycles. The molecule has 0 saturated heterocycles. The van der Waals surface area contributed by atoms with Gasteiger partial charge in [0, 0.05) is 6.07 Å². The molecule has 1 heterocycles. The number of hydrogen-bond acceptors (Lipinski definition) is 6. The molecule has 35 heavy (non-hydrogen) atoms. The number of ether oxygens (including phenoxy) is 1. The number of anilines is 1. The Morgan fingerprint density at radius 3 is 2.20 bits per heavy atom. The number of nitrogens with zero attached hydrogens (tertiary/aromatic N) is 2. The number of sulfonamides is 1.